The first kappa shape index (κ1) is 21.1. The fraction of sp³-hybridized carbons (Fsp3) is 0.0870. The molecule has 0 aliphatic rings. The summed E-state index contributed by atoms with van der Waals surface area (Å²) in [4.78, 5) is 6.13. The molecule has 1 heterocycles. The highest BCUT2D eigenvalue weighted by atomic mass is 35.5. The lowest BCUT2D eigenvalue weighted by Crippen LogP contribution is -2.03. The minimum atomic E-state index is -3.25. The molecule has 4 aromatic rings. The lowest BCUT2D eigenvalue weighted by Gasteiger charge is -2.05. The maximum Gasteiger partial charge on any atom is 0.178 e. The van der Waals surface area contributed by atoms with Crippen molar-refractivity contribution in [3.05, 3.63) is 82.8 Å². The monoisotopic (exact) mass is 473 g/mol. The first-order valence-electron chi connectivity index (χ1n) is 9.24. The van der Waals surface area contributed by atoms with Crippen LogP contribution >= 0.6 is 34.5 Å². The number of nitrogens with zero attached hydrogens (tertiary/aromatic N) is 1. The van der Waals surface area contributed by atoms with Crippen molar-refractivity contribution in [1.82, 2.24) is 4.98 Å². The van der Waals surface area contributed by atoms with Gasteiger partial charge in [0.1, 0.15) is 5.01 Å². The number of thiazole rings is 1. The summed E-state index contributed by atoms with van der Waals surface area (Å²) in [6.07, 6.45) is 0. The molecule has 0 aliphatic carbocycles. The number of hydrogen-bond donors (Lipinski definition) is 0. The van der Waals surface area contributed by atoms with E-state index in [4.69, 9.17) is 28.2 Å². The summed E-state index contributed by atoms with van der Waals surface area (Å²) in [5.41, 5.74) is 3.48. The van der Waals surface area contributed by atoms with E-state index in [1.54, 1.807) is 19.1 Å². The van der Waals surface area contributed by atoms with Crippen molar-refractivity contribution >= 4 is 44.4 Å². The third-order valence-electron chi connectivity index (χ3n) is 4.70. The van der Waals surface area contributed by atoms with Gasteiger partial charge in [-0.15, -0.1) is 11.3 Å². The third kappa shape index (κ3) is 4.16. The van der Waals surface area contributed by atoms with Crippen LogP contribution in [-0.4, -0.2) is 19.2 Å². The van der Waals surface area contributed by atoms with Crippen LogP contribution in [0.3, 0.4) is 0 Å². The summed E-state index contributed by atoms with van der Waals surface area (Å²) >= 11 is 14.0. The van der Waals surface area contributed by atoms with Crippen molar-refractivity contribution < 1.29 is 8.42 Å². The van der Waals surface area contributed by atoms with Crippen LogP contribution in [0.1, 0.15) is 6.92 Å². The predicted molar refractivity (Wildman–Crippen MR) is 126 cm³/mol. The highest BCUT2D eigenvalue weighted by Gasteiger charge is 2.18. The lowest BCUT2D eigenvalue weighted by molar-refractivity contribution is 0.597. The van der Waals surface area contributed by atoms with Crippen LogP contribution in [0.25, 0.3) is 32.3 Å². The summed E-state index contributed by atoms with van der Waals surface area (Å²) in [6, 6.07) is 22.0. The van der Waals surface area contributed by atoms with Crippen molar-refractivity contribution in [1.29, 1.82) is 0 Å². The Balaban J connectivity index is 1.87. The van der Waals surface area contributed by atoms with E-state index in [-0.39, 0.29) is 5.75 Å². The Hall–Kier alpha value is -2.18. The number of benzene rings is 3. The van der Waals surface area contributed by atoms with Crippen LogP contribution in [0.15, 0.2) is 77.7 Å². The van der Waals surface area contributed by atoms with Gasteiger partial charge in [-0.3, -0.25) is 0 Å². The number of halogens is 2. The van der Waals surface area contributed by atoms with Gasteiger partial charge >= 0.3 is 0 Å². The molecular formula is C23H17Cl2NO2S2. The van der Waals surface area contributed by atoms with Crippen molar-refractivity contribution in [2.75, 3.05) is 5.75 Å². The first-order chi connectivity index (χ1) is 14.4. The van der Waals surface area contributed by atoms with Gasteiger partial charge in [-0.1, -0.05) is 72.6 Å². The topological polar surface area (TPSA) is 47.0 Å². The van der Waals surface area contributed by atoms with E-state index < -0.39 is 9.84 Å². The smallest absolute Gasteiger partial charge is 0.178 e. The van der Waals surface area contributed by atoms with Crippen molar-refractivity contribution in [3.8, 4) is 32.3 Å². The maximum absolute atomic E-state index is 12.2. The molecule has 7 heteroatoms. The van der Waals surface area contributed by atoms with Gasteiger partial charge in [0, 0.05) is 16.1 Å². The Bertz CT molecular complexity index is 1300. The van der Waals surface area contributed by atoms with Gasteiger partial charge in [0.2, 0.25) is 0 Å². The third-order valence-corrected chi connectivity index (χ3v) is 8.17. The Labute approximate surface area is 189 Å². The van der Waals surface area contributed by atoms with Crippen LogP contribution in [0, 0.1) is 0 Å². The molecule has 0 saturated heterocycles. The van der Waals surface area contributed by atoms with E-state index in [0.717, 1.165) is 32.3 Å². The van der Waals surface area contributed by atoms with Gasteiger partial charge < -0.3 is 0 Å². The molecule has 0 unspecified atom stereocenters. The lowest BCUT2D eigenvalue weighted by atomic mass is 10.1. The summed E-state index contributed by atoms with van der Waals surface area (Å²) < 4.78 is 24.3. The molecule has 3 nitrogen and oxygen atoms in total. The molecule has 0 spiro atoms. The molecule has 0 amide bonds. The minimum absolute atomic E-state index is 0.0690. The van der Waals surface area contributed by atoms with Gasteiger partial charge in [-0.2, -0.15) is 0 Å². The van der Waals surface area contributed by atoms with Crippen molar-refractivity contribution in [2.45, 2.75) is 11.8 Å². The summed E-state index contributed by atoms with van der Waals surface area (Å²) in [5, 5.41) is 2.08. The second kappa shape index (κ2) is 8.52. The largest absolute Gasteiger partial charge is 0.235 e. The Kier molecular flexibility index (Phi) is 5.98. The SMILES string of the molecule is CCS(=O)(=O)c1ccc(-c2sc(-c3ccccc3Cl)nc2-c2ccc(Cl)cc2)cc1. The summed E-state index contributed by atoms with van der Waals surface area (Å²) in [6.45, 7) is 1.64. The Morgan fingerprint density at radius 1 is 0.867 bits per heavy atom. The second-order valence-electron chi connectivity index (χ2n) is 6.61. The Morgan fingerprint density at radius 3 is 2.13 bits per heavy atom. The van der Waals surface area contributed by atoms with Gasteiger partial charge in [-0.25, -0.2) is 13.4 Å². The quantitative estimate of drug-likeness (QED) is 0.306. The van der Waals surface area contributed by atoms with Crippen LogP contribution in [0.5, 0.6) is 0 Å². The van der Waals surface area contributed by atoms with E-state index in [2.05, 4.69) is 0 Å². The van der Waals surface area contributed by atoms with Crippen molar-refractivity contribution in [3.63, 3.8) is 0 Å². The van der Waals surface area contributed by atoms with Crippen LogP contribution in [0.4, 0.5) is 0 Å². The zero-order valence-electron chi connectivity index (χ0n) is 16.0. The predicted octanol–water partition coefficient (Wildman–Crippen LogP) is 7.24. The molecule has 3 aromatic carbocycles. The average Bonchev–Trinajstić information content (AvgIpc) is 3.20. The van der Waals surface area contributed by atoms with E-state index in [0.29, 0.717) is 14.9 Å². The molecule has 0 N–H and O–H groups in total. The fourth-order valence-corrected chi connectivity index (χ4v) is 5.47. The molecule has 152 valence electrons. The molecular weight excluding hydrogens is 457 g/mol. The van der Waals surface area contributed by atoms with Crippen LogP contribution in [0.2, 0.25) is 10.0 Å². The minimum Gasteiger partial charge on any atom is -0.235 e. The van der Waals surface area contributed by atoms with E-state index >= 15 is 0 Å². The highest BCUT2D eigenvalue weighted by Crippen LogP contribution is 2.42. The summed E-state index contributed by atoms with van der Waals surface area (Å²) in [7, 11) is -3.25. The zero-order chi connectivity index (χ0) is 21.3. The summed E-state index contributed by atoms with van der Waals surface area (Å²) in [5.74, 6) is 0.0690. The van der Waals surface area contributed by atoms with E-state index in [9.17, 15) is 8.42 Å². The molecule has 0 atom stereocenters. The molecule has 4 rings (SSSR count). The zero-order valence-corrected chi connectivity index (χ0v) is 19.1. The molecule has 0 aliphatic heterocycles. The number of sulfone groups is 1. The van der Waals surface area contributed by atoms with Gasteiger partial charge in [0.05, 0.1) is 26.2 Å². The van der Waals surface area contributed by atoms with E-state index in [1.807, 2.05) is 60.7 Å². The average molecular weight is 474 g/mol. The van der Waals surface area contributed by atoms with E-state index in [1.165, 1.54) is 11.3 Å². The molecule has 30 heavy (non-hydrogen) atoms. The van der Waals surface area contributed by atoms with Gasteiger partial charge in [0.25, 0.3) is 0 Å². The second-order valence-corrected chi connectivity index (χ2v) is 10.7. The first-order valence-corrected chi connectivity index (χ1v) is 12.5. The fourth-order valence-electron chi connectivity index (χ4n) is 3.05. The van der Waals surface area contributed by atoms with Gasteiger partial charge in [0.15, 0.2) is 9.84 Å². The normalized spacial score (nSPS) is 11.6. The van der Waals surface area contributed by atoms with Crippen molar-refractivity contribution in [2.24, 2.45) is 0 Å². The number of rotatable bonds is 5. The van der Waals surface area contributed by atoms with Crippen LogP contribution < -0.4 is 0 Å². The molecule has 0 bridgehead atoms. The molecule has 0 fully saturated rings. The maximum atomic E-state index is 12.2. The highest BCUT2D eigenvalue weighted by molar-refractivity contribution is 7.91. The molecule has 0 radical (unpaired) electrons. The number of hydrogen-bond acceptors (Lipinski definition) is 4. The van der Waals surface area contributed by atoms with Gasteiger partial charge in [-0.05, 0) is 35.9 Å². The standard InChI is InChI=1S/C23H17Cl2NO2S2/c1-2-30(27,28)18-13-9-16(10-14-18)22-21(15-7-11-17(24)12-8-15)26-23(29-22)19-5-3-4-6-20(19)25/h3-14H,2H2,1H3. The number of aromatic nitrogens is 1. The molecule has 1 aromatic heterocycles. The van der Waals surface area contributed by atoms with Crippen LogP contribution in [-0.2, 0) is 9.84 Å². The Morgan fingerprint density at radius 2 is 1.50 bits per heavy atom. The molecule has 0 saturated carbocycles.